The van der Waals surface area contributed by atoms with E-state index in [1.54, 1.807) is 36.4 Å². The molecule has 0 N–H and O–H groups in total. The Balaban J connectivity index is 1.09. The van der Waals surface area contributed by atoms with Crippen LogP contribution in [0.15, 0.2) is 207 Å². The average Bonchev–Trinajstić information content (AvgIpc) is 3.41. The van der Waals surface area contributed by atoms with Gasteiger partial charge >= 0.3 is 0 Å². The molecule has 67 heavy (non-hydrogen) atoms. The lowest BCUT2D eigenvalue weighted by molar-refractivity contribution is 0.512. The number of hydrogen-bond donors (Lipinski definition) is 0. The summed E-state index contributed by atoms with van der Waals surface area (Å²) >= 11 is 0. The van der Waals surface area contributed by atoms with Crippen molar-refractivity contribution < 1.29 is 9.60 Å². The van der Waals surface area contributed by atoms with Crippen LogP contribution < -0.4 is 0 Å². The summed E-state index contributed by atoms with van der Waals surface area (Å²) in [6.07, 6.45) is 0.816. The smallest absolute Gasteiger partial charge is 0.0714 e. The second-order valence-corrected chi connectivity index (χ2v) is 18.9. The van der Waals surface area contributed by atoms with E-state index in [4.69, 9.17) is 19.1 Å². The molecule has 0 saturated carbocycles. The summed E-state index contributed by atoms with van der Waals surface area (Å²) in [7, 11) is 0. The zero-order valence-electron chi connectivity index (χ0n) is 45.4. The zero-order valence-corrected chi connectivity index (χ0v) is 38.4. The highest BCUT2D eigenvalue weighted by molar-refractivity contribution is 6.11. The van der Waals surface area contributed by atoms with Crippen LogP contribution in [0.5, 0.6) is 0 Å². The van der Waals surface area contributed by atoms with Crippen LogP contribution in [0.1, 0.15) is 76.2 Å². The lowest BCUT2D eigenvalue weighted by atomic mass is 9.77. The average molecular weight is 875 g/mol. The normalized spacial score (nSPS) is 14.1. The van der Waals surface area contributed by atoms with E-state index in [1.165, 1.54) is 12.3 Å². The molecule has 3 heterocycles. The molecule has 7 aromatic carbocycles. The van der Waals surface area contributed by atoms with Gasteiger partial charge < -0.3 is 0 Å². The van der Waals surface area contributed by atoms with Gasteiger partial charge in [0.2, 0.25) is 0 Å². The van der Waals surface area contributed by atoms with Crippen molar-refractivity contribution >= 4 is 21.5 Å². The number of aromatic nitrogens is 3. The lowest BCUT2D eigenvalue weighted by Gasteiger charge is -2.28. The Morgan fingerprint density at radius 2 is 0.970 bits per heavy atom. The van der Waals surface area contributed by atoms with Crippen LogP contribution in [0.4, 0.5) is 0 Å². The first-order valence-electron chi connectivity index (χ1n) is 26.5. The maximum absolute atomic E-state index is 10.1. The molecule has 3 nitrogen and oxygen atoms in total. The standard InChI is InChI=1S/C64H57N3/c1-44-17-12-14-23-54(44)59-38-62(58-26-16-25-56-55-24-15-13-18-48(55)29-32-57(56)58)65-41-51(59)28-27-45-35-46(39-63(2,3)52-30-33-60(66-42-52)49-19-8-6-9-20-49)37-47(36-45)40-64(4,5)53-31-34-61(67-43-53)50-21-10-7-11-22-50/h6-26,29-38,41-43H,27-28,39-40H2,1-5H3/i1D3,27D2,28D2. The molecule has 3 aromatic heterocycles. The third kappa shape index (κ3) is 9.33. The van der Waals surface area contributed by atoms with Gasteiger partial charge in [0.25, 0.3) is 0 Å². The molecule has 10 rings (SSSR count). The zero-order chi connectivity index (χ0) is 52.0. The van der Waals surface area contributed by atoms with Gasteiger partial charge in [0.1, 0.15) is 0 Å². The Hall–Kier alpha value is -7.49. The van der Waals surface area contributed by atoms with Crippen LogP contribution in [-0.4, -0.2) is 15.0 Å². The first-order chi connectivity index (χ1) is 35.3. The van der Waals surface area contributed by atoms with E-state index in [2.05, 4.69) is 76.2 Å². The van der Waals surface area contributed by atoms with Crippen molar-refractivity contribution in [1.82, 2.24) is 15.0 Å². The predicted octanol–water partition coefficient (Wildman–Crippen LogP) is 16.0. The van der Waals surface area contributed by atoms with Gasteiger partial charge in [0, 0.05) is 44.9 Å². The summed E-state index contributed by atoms with van der Waals surface area (Å²) in [5.41, 5.74) is 8.53. The van der Waals surface area contributed by atoms with Gasteiger partial charge in [-0.05, 0) is 133 Å². The van der Waals surface area contributed by atoms with Gasteiger partial charge in [-0.25, -0.2) is 0 Å². The topological polar surface area (TPSA) is 38.7 Å². The molecule has 0 fully saturated rings. The van der Waals surface area contributed by atoms with Crippen molar-refractivity contribution in [3.8, 4) is 44.9 Å². The molecule has 0 aliphatic carbocycles. The van der Waals surface area contributed by atoms with Crippen LogP contribution in [0.3, 0.4) is 0 Å². The van der Waals surface area contributed by atoms with Crippen LogP contribution >= 0.6 is 0 Å². The molecule has 0 bridgehead atoms. The number of benzene rings is 7. The molecule has 10 aromatic rings. The molecule has 0 radical (unpaired) electrons. The fourth-order valence-corrected chi connectivity index (χ4v) is 9.46. The Labute approximate surface area is 406 Å². The van der Waals surface area contributed by atoms with E-state index in [9.17, 15) is 5.48 Å². The molecular formula is C64H57N3. The SMILES string of the molecule is [2H]C([2H])([2H])c1ccccc1-c1cc(-c2cccc3c2ccc2ccccc23)ncc1C([2H])([2H])C([2H])([2H])c1cc(CC(C)(C)c2ccc(-c3ccccc3)nc2)cc(CC(C)(C)c2ccc(-c3ccccc3)nc2)c1. The van der Waals surface area contributed by atoms with Crippen molar-refractivity contribution in [1.29, 1.82) is 0 Å². The monoisotopic (exact) mass is 874 g/mol. The summed E-state index contributed by atoms with van der Waals surface area (Å²) in [5, 5.41) is 4.11. The maximum Gasteiger partial charge on any atom is 0.0714 e. The highest BCUT2D eigenvalue weighted by atomic mass is 14.7. The summed E-state index contributed by atoms with van der Waals surface area (Å²) in [6, 6.07) is 60.7. The van der Waals surface area contributed by atoms with Crippen molar-refractivity contribution in [3.63, 3.8) is 0 Å². The predicted molar refractivity (Wildman–Crippen MR) is 282 cm³/mol. The summed E-state index contributed by atoms with van der Waals surface area (Å²) in [5.74, 6) is 0. The molecule has 3 heteroatoms. The minimum absolute atomic E-state index is 0.0324. The molecule has 0 spiro atoms. The van der Waals surface area contributed by atoms with E-state index in [1.807, 2.05) is 109 Å². The lowest BCUT2D eigenvalue weighted by Crippen LogP contribution is -2.23. The number of aryl methyl sites for hydroxylation is 3. The largest absolute Gasteiger partial charge is 0.256 e. The van der Waals surface area contributed by atoms with Crippen molar-refractivity contribution in [2.24, 2.45) is 0 Å². The number of pyridine rings is 3. The van der Waals surface area contributed by atoms with Crippen LogP contribution in [0.2, 0.25) is 0 Å². The van der Waals surface area contributed by atoms with Gasteiger partial charge in [0.05, 0.1) is 17.1 Å². The first kappa shape index (κ1) is 35.7. The van der Waals surface area contributed by atoms with E-state index in [0.717, 1.165) is 71.9 Å². The van der Waals surface area contributed by atoms with Gasteiger partial charge in [-0.2, -0.15) is 0 Å². The van der Waals surface area contributed by atoms with E-state index in [-0.39, 0.29) is 27.8 Å². The highest BCUT2D eigenvalue weighted by Gasteiger charge is 2.26. The maximum atomic E-state index is 10.1. The molecule has 0 atom stereocenters. The quantitative estimate of drug-likeness (QED) is 0.108. The highest BCUT2D eigenvalue weighted by Crippen LogP contribution is 2.37. The molecule has 0 aliphatic rings. The Bertz CT molecular complexity index is 3530. The van der Waals surface area contributed by atoms with Gasteiger partial charge in [-0.15, -0.1) is 0 Å². The molecule has 0 amide bonds. The fourth-order valence-electron chi connectivity index (χ4n) is 9.46. The molecule has 0 unspecified atom stereocenters. The van der Waals surface area contributed by atoms with Gasteiger partial charge in [-0.1, -0.05) is 198 Å². The van der Waals surface area contributed by atoms with Crippen molar-refractivity contribution in [2.45, 2.75) is 71.0 Å². The number of hydrogen-bond acceptors (Lipinski definition) is 3. The number of rotatable bonds is 13. The molecule has 328 valence electrons. The molecule has 0 saturated heterocycles. The van der Waals surface area contributed by atoms with E-state index < -0.39 is 30.4 Å². The van der Waals surface area contributed by atoms with E-state index >= 15 is 0 Å². The van der Waals surface area contributed by atoms with Crippen LogP contribution in [0, 0.1) is 6.85 Å². The number of fused-ring (bicyclic) bond motifs is 3. The van der Waals surface area contributed by atoms with Crippen molar-refractivity contribution in [2.75, 3.05) is 0 Å². The van der Waals surface area contributed by atoms with E-state index in [0.29, 0.717) is 18.5 Å². The third-order valence-electron chi connectivity index (χ3n) is 13.1. The Morgan fingerprint density at radius 1 is 0.418 bits per heavy atom. The minimum Gasteiger partial charge on any atom is -0.256 e. The van der Waals surface area contributed by atoms with Gasteiger partial charge in [-0.3, -0.25) is 15.0 Å². The summed E-state index contributed by atoms with van der Waals surface area (Å²) < 4.78 is 66.1. The van der Waals surface area contributed by atoms with Crippen LogP contribution in [0.25, 0.3) is 66.4 Å². The second kappa shape index (κ2) is 18.4. The Kier molecular flexibility index (Phi) is 9.82. The summed E-state index contributed by atoms with van der Waals surface area (Å²) in [6.45, 7) is 6.04. The summed E-state index contributed by atoms with van der Waals surface area (Å²) in [4.78, 5) is 14.6. The molecular weight excluding hydrogens is 811 g/mol. The number of nitrogens with zero attached hydrogens (tertiary/aromatic N) is 3. The fraction of sp³-hybridized carbons (Fsp3) is 0.172. The van der Waals surface area contributed by atoms with Crippen molar-refractivity contribution in [3.05, 3.63) is 246 Å². The second-order valence-electron chi connectivity index (χ2n) is 18.9. The van der Waals surface area contributed by atoms with Gasteiger partial charge in [0.15, 0.2) is 0 Å². The third-order valence-corrected chi connectivity index (χ3v) is 13.1. The molecule has 0 aliphatic heterocycles. The van der Waals surface area contributed by atoms with Crippen LogP contribution in [-0.2, 0) is 36.4 Å². The first-order valence-corrected chi connectivity index (χ1v) is 23.0. The minimum atomic E-state index is -2.75. The Morgan fingerprint density at radius 3 is 1.60 bits per heavy atom.